The van der Waals surface area contributed by atoms with Crippen LogP contribution >= 0.6 is 11.6 Å². The Labute approximate surface area is 239 Å². The van der Waals surface area contributed by atoms with Crippen LogP contribution in [0.4, 0.5) is 0 Å². The maximum absolute atomic E-state index is 11.5. The van der Waals surface area contributed by atoms with Gasteiger partial charge in [-0.25, -0.2) is 4.98 Å². The summed E-state index contributed by atoms with van der Waals surface area (Å²) in [4.78, 5) is 15.4. The summed E-state index contributed by atoms with van der Waals surface area (Å²) >= 11 is 5.86. The van der Waals surface area contributed by atoms with Crippen LogP contribution in [0.2, 0.25) is 5.15 Å². The van der Waals surface area contributed by atoms with Gasteiger partial charge in [0.25, 0.3) is 5.91 Å². The molecule has 11 atom stereocenters. The highest BCUT2D eigenvalue weighted by Crippen LogP contribution is 2.36. The maximum Gasteiger partial charge on any atom is 0.251 e. The summed E-state index contributed by atoms with van der Waals surface area (Å²) < 4.78 is 34.4. The first-order chi connectivity index (χ1) is 19.7. The van der Waals surface area contributed by atoms with E-state index in [0.717, 1.165) is 5.56 Å². The van der Waals surface area contributed by atoms with Crippen LogP contribution in [0.15, 0.2) is 42.6 Å². The van der Waals surface area contributed by atoms with E-state index in [4.69, 9.17) is 45.8 Å². The molecule has 3 aliphatic rings. The zero-order valence-electron chi connectivity index (χ0n) is 21.5. The number of aliphatic hydroxyl groups is 5. The molecule has 224 valence electrons. The Kier molecular flexibility index (Phi) is 9.50. The van der Waals surface area contributed by atoms with E-state index in [9.17, 15) is 30.3 Å². The lowest BCUT2D eigenvalue weighted by Crippen LogP contribution is -2.65. The predicted octanol–water partition coefficient (Wildman–Crippen LogP) is -1.26. The van der Waals surface area contributed by atoms with Crippen LogP contribution < -0.4 is 5.73 Å². The van der Waals surface area contributed by atoms with Crippen LogP contribution in [-0.4, -0.2) is 111 Å². The molecule has 3 aliphatic heterocycles. The smallest absolute Gasteiger partial charge is 0.251 e. The van der Waals surface area contributed by atoms with E-state index in [0.29, 0.717) is 5.56 Å². The van der Waals surface area contributed by atoms with Crippen LogP contribution in [0.5, 0.6) is 0 Å². The summed E-state index contributed by atoms with van der Waals surface area (Å²) in [5, 5.41) is 53.0. The zero-order chi connectivity index (χ0) is 29.3. The van der Waals surface area contributed by atoms with E-state index in [2.05, 4.69) is 4.98 Å². The van der Waals surface area contributed by atoms with Crippen LogP contribution in [0.3, 0.4) is 0 Å². The second kappa shape index (κ2) is 12.9. The molecule has 3 saturated heterocycles. The molecule has 2 aromatic rings. The van der Waals surface area contributed by atoms with Crippen molar-refractivity contribution >= 4 is 17.5 Å². The Morgan fingerprint density at radius 2 is 1.76 bits per heavy atom. The highest BCUT2D eigenvalue weighted by atomic mass is 35.5. The van der Waals surface area contributed by atoms with Crippen molar-refractivity contribution in [2.45, 2.75) is 74.3 Å². The Morgan fingerprint density at radius 3 is 2.46 bits per heavy atom. The number of ether oxygens (including phenoxy) is 6. The van der Waals surface area contributed by atoms with Crippen molar-refractivity contribution < 1.29 is 58.7 Å². The predicted molar refractivity (Wildman–Crippen MR) is 136 cm³/mol. The molecule has 15 heteroatoms. The largest absolute Gasteiger partial charge is 0.394 e. The second-order valence-electron chi connectivity index (χ2n) is 9.87. The number of aromatic nitrogens is 1. The van der Waals surface area contributed by atoms with E-state index in [1.54, 1.807) is 12.1 Å². The fourth-order valence-electron chi connectivity index (χ4n) is 4.90. The first-order valence-electron chi connectivity index (χ1n) is 12.8. The average Bonchev–Trinajstić information content (AvgIpc) is 2.98. The number of primary amides is 1. The molecule has 4 heterocycles. The second-order valence-corrected chi connectivity index (χ2v) is 10.2. The number of pyridine rings is 1. The van der Waals surface area contributed by atoms with Gasteiger partial charge in [0, 0.05) is 11.8 Å². The van der Waals surface area contributed by atoms with Crippen molar-refractivity contribution in [1.82, 2.24) is 4.98 Å². The molecule has 7 N–H and O–H groups in total. The van der Waals surface area contributed by atoms with Crippen LogP contribution in [0.25, 0.3) is 0 Å². The molecule has 0 aliphatic carbocycles. The van der Waals surface area contributed by atoms with Crippen molar-refractivity contribution in [2.24, 2.45) is 5.73 Å². The summed E-state index contributed by atoms with van der Waals surface area (Å²) in [6, 6.07) is 10.4. The van der Waals surface area contributed by atoms with Crippen LogP contribution in [-0.2, 0) is 35.0 Å². The number of aliphatic hydroxyl groups excluding tert-OH is 5. The molecule has 0 radical (unpaired) electrons. The molecule has 0 bridgehead atoms. The molecule has 41 heavy (non-hydrogen) atoms. The van der Waals surface area contributed by atoms with Crippen LogP contribution in [0, 0.1) is 0 Å². The molecular weight excluding hydrogens is 568 g/mol. The Hall–Kier alpha value is -2.31. The summed E-state index contributed by atoms with van der Waals surface area (Å²) in [6.07, 6.45) is -13.1. The fraction of sp³-hybridized carbons (Fsp3) is 0.538. The topological polar surface area (TPSA) is 213 Å². The molecule has 5 rings (SSSR count). The number of amides is 1. The van der Waals surface area contributed by atoms with Gasteiger partial charge in [0.15, 0.2) is 18.9 Å². The number of nitrogens with zero attached hydrogens (tertiary/aromatic N) is 1. The lowest BCUT2D eigenvalue weighted by molar-refractivity contribution is -0.386. The zero-order valence-corrected chi connectivity index (χ0v) is 22.3. The number of rotatable bonds is 8. The number of carbonyl (C=O) groups excluding carboxylic acids is 1. The highest BCUT2D eigenvalue weighted by molar-refractivity contribution is 6.32. The van der Waals surface area contributed by atoms with E-state index < -0.39 is 80.2 Å². The van der Waals surface area contributed by atoms with Gasteiger partial charge in [0.1, 0.15) is 54.0 Å². The minimum atomic E-state index is -1.66. The number of benzene rings is 1. The molecular formula is C26H31ClN2O12. The summed E-state index contributed by atoms with van der Waals surface area (Å²) in [6.45, 7) is -0.867. The molecule has 1 aromatic heterocycles. The van der Waals surface area contributed by atoms with E-state index >= 15 is 0 Å². The number of hydrogen-bond acceptors (Lipinski definition) is 13. The number of nitrogens with two attached hydrogens (primary N) is 1. The third kappa shape index (κ3) is 6.39. The standard InChI is InChI=1S/C26H31ClN2O12/c27-22-13(23(28)35)6-11(7-29-22)9-36-25-18(33)16(31)20(14(8-30)38-25)41-26-19(34)17(32)21-15(39-26)10-37-24(40-21)12-4-2-1-3-5-12/h1-7,14-21,24-26,30-34H,8-10H2,(H2,28,35)/t14-,15-,16-,17-,18-,19-,20-,21-,24?,25-,26-/m1/s1. The van der Waals surface area contributed by atoms with E-state index in [1.165, 1.54) is 12.3 Å². The van der Waals surface area contributed by atoms with Crippen molar-refractivity contribution in [3.8, 4) is 0 Å². The van der Waals surface area contributed by atoms with Gasteiger partial charge in [-0.15, -0.1) is 0 Å². The first kappa shape index (κ1) is 30.2. The minimum absolute atomic E-state index is 0.0105. The van der Waals surface area contributed by atoms with Gasteiger partial charge in [0.05, 0.1) is 25.4 Å². The number of fused-ring (bicyclic) bond motifs is 1. The number of carbonyl (C=O) groups is 1. The number of halogens is 1. The molecule has 1 amide bonds. The van der Waals surface area contributed by atoms with E-state index in [1.807, 2.05) is 18.2 Å². The third-order valence-corrected chi connectivity index (χ3v) is 7.39. The normalized spacial score (nSPS) is 37.4. The molecule has 0 saturated carbocycles. The Morgan fingerprint density at radius 1 is 1.02 bits per heavy atom. The molecule has 0 spiro atoms. The third-order valence-electron chi connectivity index (χ3n) is 7.09. The SMILES string of the molecule is NC(=O)c1cc(CO[C@@H]2O[C@H](CO)[C@@H](O[C@H]3O[C@@H]4COC(c5ccccc5)O[C@H]4[C@H](O)[C@H]3O)[C@H](O)[C@H]2O)cnc1Cl. The van der Waals surface area contributed by atoms with Crippen molar-refractivity contribution in [1.29, 1.82) is 0 Å². The van der Waals surface area contributed by atoms with Crippen molar-refractivity contribution in [2.75, 3.05) is 13.2 Å². The monoisotopic (exact) mass is 598 g/mol. The average molecular weight is 599 g/mol. The number of hydrogen-bond donors (Lipinski definition) is 6. The van der Waals surface area contributed by atoms with Gasteiger partial charge in [-0.3, -0.25) is 4.79 Å². The molecule has 14 nitrogen and oxygen atoms in total. The molecule has 1 unspecified atom stereocenters. The Bertz CT molecular complexity index is 1190. The summed E-state index contributed by atoms with van der Waals surface area (Å²) in [7, 11) is 0. The van der Waals surface area contributed by atoms with Gasteiger partial charge in [-0.1, -0.05) is 41.9 Å². The Balaban J connectivity index is 1.21. The lowest BCUT2D eigenvalue weighted by atomic mass is 9.96. The summed E-state index contributed by atoms with van der Waals surface area (Å²) in [5.41, 5.74) is 6.35. The maximum atomic E-state index is 11.5. The summed E-state index contributed by atoms with van der Waals surface area (Å²) in [5.74, 6) is -0.792. The molecule has 3 fully saturated rings. The fourth-order valence-corrected chi connectivity index (χ4v) is 5.10. The van der Waals surface area contributed by atoms with Crippen LogP contribution in [0.1, 0.15) is 27.8 Å². The van der Waals surface area contributed by atoms with Crippen molar-refractivity contribution in [3.63, 3.8) is 0 Å². The van der Waals surface area contributed by atoms with E-state index in [-0.39, 0.29) is 23.9 Å². The van der Waals surface area contributed by atoms with Gasteiger partial charge in [-0.05, 0) is 11.6 Å². The van der Waals surface area contributed by atoms with Crippen molar-refractivity contribution in [3.05, 3.63) is 64.4 Å². The van der Waals surface area contributed by atoms with Gasteiger partial charge < -0.3 is 59.7 Å². The highest BCUT2D eigenvalue weighted by Gasteiger charge is 2.53. The molecule has 1 aromatic carbocycles. The van der Waals surface area contributed by atoms with Gasteiger partial charge in [-0.2, -0.15) is 0 Å². The quantitative estimate of drug-likeness (QED) is 0.196. The lowest BCUT2D eigenvalue weighted by Gasteiger charge is -2.48. The first-order valence-corrected chi connectivity index (χ1v) is 13.2. The minimum Gasteiger partial charge on any atom is -0.394 e. The van der Waals surface area contributed by atoms with Gasteiger partial charge >= 0.3 is 0 Å². The van der Waals surface area contributed by atoms with Gasteiger partial charge in [0.2, 0.25) is 0 Å².